The Morgan fingerprint density at radius 3 is 2.38 bits per heavy atom. The van der Waals surface area contributed by atoms with E-state index in [1.54, 1.807) is 0 Å². The first kappa shape index (κ1) is 24.5. The van der Waals surface area contributed by atoms with Crippen molar-refractivity contribution in [3.63, 3.8) is 0 Å². The summed E-state index contributed by atoms with van der Waals surface area (Å²) < 4.78 is 13.2. The van der Waals surface area contributed by atoms with Crippen molar-refractivity contribution < 1.29 is 14.3 Å². The van der Waals surface area contributed by atoms with E-state index in [2.05, 4.69) is 37.0 Å². The fourth-order valence-electron chi connectivity index (χ4n) is 7.05. The molecular weight excluding hydrogens is 466 g/mol. The molecule has 2 saturated carbocycles. The Morgan fingerprint density at radius 1 is 1.05 bits per heavy atom. The van der Waals surface area contributed by atoms with Crippen LogP contribution in [0.1, 0.15) is 83.8 Å². The maximum Gasteiger partial charge on any atom is 0.254 e. The Hall–Kier alpha value is -2.80. The van der Waals surface area contributed by atoms with Crippen molar-refractivity contribution in [1.29, 1.82) is 0 Å². The van der Waals surface area contributed by atoms with E-state index in [0.717, 1.165) is 72.2 Å². The molecule has 1 aromatic heterocycles. The van der Waals surface area contributed by atoms with Gasteiger partial charge in [-0.2, -0.15) is 0 Å². The number of ether oxygens (including phenoxy) is 2. The van der Waals surface area contributed by atoms with Gasteiger partial charge in [-0.15, -0.1) is 0 Å². The van der Waals surface area contributed by atoms with Crippen LogP contribution in [0, 0.1) is 26.7 Å². The number of rotatable bonds is 4. The molecule has 6 rings (SSSR count). The normalized spacial score (nSPS) is 27.6. The number of H-pyrrole nitrogens is 1. The highest BCUT2D eigenvalue weighted by atomic mass is 16.7. The molecule has 1 amide bonds. The zero-order valence-electron chi connectivity index (χ0n) is 23.0. The van der Waals surface area contributed by atoms with Gasteiger partial charge in [0.1, 0.15) is 0 Å². The minimum absolute atomic E-state index is 0.0177. The highest BCUT2D eigenvalue weighted by molar-refractivity contribution is 6.00. The van der Waals surface area contributed by atoms with Gasteiger partial charge in [0.05, 0.1) is 12.1 Å². The van der Waals surface area contributed by atoms with E-state index < -0.39 is 5.79 Å². The SMILES string of the molecule is Cc1cc(C)c(CN2CC3(CC3)c3cc4c(c(C)c3C2=O)OC(C)(C2CCC(N(C)C)CC2)O4)c(=O)[nH]1. The van der Waals surface area contributed by atoms with Crippen molar-refractivity contribution in [1.82, 2.24) is 14.8 Å². The molecule has 7 heteroatoms. The van der Waals surface area contributed by atoms with Crippen LogP contribution in [0.2, 0.25) is 0 Å². The largest absolute Gasteiger partial charge is 0.448 e. The van der Waals surface area contributed by atoms with Crippen molar-refractivity contribution in [3.8, 4) is 11.5 Å². The van der Waals surface area contributed by atoms with Gasteiger partial charge in [0, 0.05) is 47.7 Å². The van der Waals surface area contributed by atoms with Crippen LogP contribution in [0.15, 0.2) is 16.9 Å². The third-order valence-corrected chi connectivity index (χ3v) is 9.53. The molecule has 0 bridgehead atoms. The standard InChI is InChI=1S/C30H39N3O4/c1-17-13-18(2)31-27(34)22(17)15-33-16-30(11-12-30)23-14-24-26(19(3)25(23)28(33)35)37-29(4,36-24)20-7-9-21(10-8-20)32(5)6/h13-14,20-21H,7-12,15-16H2,1-6H3,(H,31,34). The lowest BCUT2D eigenvalue weighted by atomic mass is 9.81. The predicted molar refractivity (Wildman–Crippen MR) is 142 cm³/mol. The Kier molecular flexibility index (Phi) is 5.54. The van der Waals surface area contributed by atoms with Crippen molar-refractivity contribution >= 4 is 5.91 Å². The van der Waals surface area contributed by atoms with Crippen LogP contribution in [0.4, 0.5) is 0 Å². The molecule has 1 unspecified atom stereocenters. The maximum absolute atomic E-state index is 13.9. The minimum Gasteiger partial charge on any atom is -0.448 e. The number of aromatic nitrogens is 1. The first-order chi connectivity index (χ1) is 17.5. The van der Waals surface area contributed by atoms with Crippen molar-refractivity contribution in [2.24, 2.45) is 5.92 Å². The van der Waals surface area contributed by atoms with E-state index in [9.17, 15) is 9.59 Å². The van der Waals surface area contributed by atoms with Crippen molar-refractivity contribution in [3.05, 3.63) is 56.0 Å². The molecule has 2 aromatic rings. The number of hydrogen-bond donors (Lipinski definition) is 1. The number of amides is 1. The van der Waals surface area contributed by atoms with E-state index in [-0.39, 0.29) is 16.9 Å². The summed E-state index contributed by atoms with van der Waals surface area (Å²) in [6.07, 6.45) is 6.48. The number of nitrogens with zero attached hydrogens (tertiary/aromatic N) is 2. The van der Waals surface area contributed by atoms with Crippen LogP contribution in [0.3, 0.4) is 0 Å². The lowest BCUT2D eigenvalue weighted by molar-refractivity contribution is -0.123. The van der Waals surface area contributed by atoms with Gasteiger partial charge in [-0.05, 0) is 96.7 Å². The first-order valence-electron chi connectivity index (χ1n) is 13.7. The van der Waals surface area contributed by atoms with Crippen LogP contribution in [0.5, 0.6) is 11.5 Å². The molecule has 1 N–H and O–H groups in total. The van der Waals surface area contributed by atoms with Crippen molar-refractivity contribution in [2.45, 2.75) is 90.0 Å². The van der Waals surface area contributed by atoms with Crippen molar-refractivity contribution in [2.75, 3.05) is 20.6 Å². The number of fused-ring (bicyclic) bond motifs is 3. The number of benzene rings is 1. The number of pyridine rings is 1. The molecular formula is C30H39N3O4. The number of aromatic amines is 1. The molecule has 1 spiro atoms. The highest BCUT2D eigenvalue weighted by Crippen LogP contribution is 2.57. The Labute approximate surface area is 219 Å². The number of carbonyl (C=O) groups is 1. The summed E-state index contributed by atoms with van der Waals surface area (Å²) >= 11 is 0. The lowest BCUT2D eigenvalue weighted by Gasteiger charge is -2.39. The smallest absolute Gasteiger partial charge is 0.254 e. The molecule has 2 fully saturated rings. The van der Waals surface area contributed by atoms with E-state index in [4.69, 9.17) is 9.47 Å². The minimum atomic E-state index is -0.708. The lowest BCUT2D eigenvalue weighted by Crippen LogP contribution is -2.46. The Bertz CT molecular complexity index is 1330. The number of carbonyl (C=O) groups excluding carboxylic acids is 1. The van der Waals surface area contributed by atoms with Crippen LogP contribution in [-0.4, -0.2) is 53.2 Å². The average Bonchev–Trinajstić information content (AvgIpc) is 3.52. The number of nitrogens with one attached hydrogen (secondary N) is 1. The fourth-order valence-corrected chi connectivity index (χ4v) is 7.05. The zero-order valence-corrected chi connectivity index (χ0v) is 23.0. The van der Waals surface area contributed by atoms with Gasteiger partial charge < -0.3 is 24.3 Å². The monoisotopic (exact) mass is 505 g/mol. The van der Waals surface area contributed by atoms with Gasteiger partial charge >= 0.3 is 0 Å². The second-order valence-electron chi connectivity index (χ2n) is 12.3. The molecule has 7 nitrogen and oxygen atoms in total. The maximum atomic E-state index is 13.9. The quantitative estimate of drug-likeness (QED) is 0.658. The van der Waals surface area contributed by atoms with Gasteiger partial charge in [0.15, 0.2) is 11.5 Å². The molecule has 1 aromatic carbocycles. The summed E-state index contributed by atoms with van der Waals surface area (Å²) in [5.74, 6) is 1.08. The van der Waals surface area contributed by atoms with Gasteiger partial charge in [-0.3, -0.25) is 9.59 Å². The number of hydrogen-bond acceptors (Lipinski definition) is 5. The fraction of sp³-hybridized carbons (Fsp3) is 0.600. The Balaban J connectivity index is 1.31. The predicted octanol–water partition coefficient (Wildman–Crippen LogP) is 4.60. The molecule has 0 radical (unpaired) electrons. The third-order valence-electron chi connectivity index (χ3n) is 9.53. The third kappa shape index (κ3) is 3.89. The van der Waals surface area contributed by atoms with E-state index in [1.807, 2.05) is 31.7 Å². The second kappa shape index (κ2) is 8.35. The van der Waals surface area contributed by atoms with Gasteiger partial charge in [-0.25, -0.2) is 0 Å². The highest BCUT2D eigenvalue weighted by Gasteiger charge is 2.54. The topological polar surface area (TPSA) is 74.9 Å². The van der Waals surface area contributed by atoms with Gasteiger partial charge in [0.2, 0.25) is 0 Å². The Morgan fingerprint density at radius 2 is 1.76 bits per heavy atom. The first-order valence-corrected chi connectivity index (χ1v) is 13.7. The van der Waals surface area contributed by atoms with Crippen LogP contribution in [-0.2, 0) is 12.0 Å². The zero-order chi connectivity index (χ0) is 26.3. The molecule has 4 aliphatic rings. The molecule has 198 valence electrons. The molecule has 2 aliphatic heterocycles. The van der Waals surface area contributed by atoms with Crippen LogP contribution < -0.4 is 15.0 Å². The summed E-state index contributed by atoms with van der Waals surface area (Å²) in [7, 11) is 4.31. The number of aryl methyl sites for hydroxylation is 2. The molecule has 3 heterocycles. The van der Waals surface area contributed by atoms with E-state index in [1.165, 1.54) is 0 Å². The molecule has 1 atom stereocenters. The summed E-state index contributed by atoms with van der Waals surface area (Å²) in [4.78, 5) is 33.7. The summed E-state index contributed by atoms with van der Waals surface area (Å²) in [6, 6.07) is 4.68. The summed E-state index contributed by atoms with van der Waals surface area (Å²) in [5.41, 5.74) is 4.97. The van der Waals surface area contributed by atoms with Gasteiger partial charge in [0.25, 0.3) is 17.3 Å². The second-order valence-corrected chi connectivity index (χ2v) is 12.3. The van der Waals surface area contributed by atoms with Crippen LogP contribution >= 0.6 is 0 Å². The van der Waals surface area contributed by atoms with Crippen LogP contribution in [0.25, 0.3) is 0 Å². The summed E-state index contributed by atoms with van der Waals surface area (Å²) in [5, 5.41) is 0. The molecule has 0 saturated heterocycles. The molecule has 2 aliphatic carbocycles. The summed E-state index contributed by atoms with van der Waals surface area (Å²) in [6.45, 7) is 8.85. The van der Waals surface area contributed by atoms with Gasteiger partial charge in [-0.1, -0.05) is 0 Å². The molecule has 37 heavy (non-hydrogen) atoms. The van der Waals surface area contributed by atoms with E-state index in [0.29, 0.717) is 36.4 Å². The van der Waals surface area contributed by atoms with E-state index >= 15 is 0 Å². The average molecular weight is 506 g/mol.